The number of nitrogens with two attached hydrogens (primary N) is 1. The van der Waals surface area contributed by atoms with Crippen LogP contribution >= 0.6 is 0 Å². The standard InChI is InChI=1S/C12H14FN3O2/c1-12(2)11(18)15-10(17)6-16(12)9-4-3-7(13)5-8(9)14/h3-5H,6,14H2,1-2H3,(H,15,17,18). The molecule has 0 unspecified atom stereocenters. The van der Waals surface area contributed by atoms with Crippen LogP contribution in [0.5, 0.6) is 0 Å². The third-order valence-corrected chi connectivity index (χ3v) is 3.07. The van der Waals surface area contributed by atoms with Crippen LogP contribution in [0.15, 0.2) is 18.2 Å². The lowest BCUT2D eigenvalue weighted by Crippen LogP contribution is -2.64. The molecule has 0 aromatic heterocycles. The number of carbonyl (C=O) groups is 2. The van der Waals surface area contributed by atoms with Crippen LogP contribution in [0.3, 0.4) is 0 Å². The molecule has 1 aromatic rings. The van der Waals surface area contributed by atoms with Crippen LogP contribution in [-0.4, -0.2) is 23.9 Å². The molecule has 3 N–H and O–H groups in total. The average molecular weight is 251 g/mol. The van der Waals surface area contributed by atoms with Crippen molar-refractivity contribution in [3.63, 3.8) is 0 Å². The number of benzene rings is 1. The van der Waals surface area contributed by atoms with Gasteiger partial charge in [0, 0.05) is 0 Å². The molecule has 0 radical (unpaired) electrons. The lowest BCUT2D eigenvalue weighted by atomic mass is 9.97. The van der Waals surface area contributed by atoms with Crippen LogP contribution in [-0.2, 0) is 9.59 Å². The van der Waals surface area contributed by atoms with Crippen LogP contribution in [0.4, 0.5) is 15.8 Å². The third kappa shape index (κ3) is 1.90. The van der Waals surface area contributed by atoms with E-state index >= 15 is 0 Å². The SMILES string of the molecule is CC1(C)C(=O)NC(=O)CN1c1ccc(F)cc1N. The van der Waals surface area contributed by atoms with Crippen molar-refractivity contribution in [2.24, 2.45) is 0 Å². The van der Waals surface area contributed by atoms with Crippen LogP contribution in [0.25, 0.3) is 0 Å². The van der Waals surface area contributed by atoms with Gasteiger partial charge in [0.15, 0.2) is 0 Å². The number of imide groups is 1. The maximum absolute atomic E-state index is 13.0. The molecule has 1 saturated heterocycles. The van der Waals surface area contributed by atoms with Gasteiger partial charge in [-0.2, -0.15) is 0 Å². The molecule has 0 spiro atoms. The first-order chi connectivity index (χ1) is 8.32. The first kappa shape index (κ1) is 12.3. The Kier molecular flexibility index (Phi) is 2.73. The lowest BCUT2D eigenvalue weighted by molar-refractivity contribution is -0.135. The fourth-order valence-corrected chi connectivity index (χ4v) is 1.94. The zero-order valence-corrected chi connectivity index (χ0v) is 10.2. The molecular formula is C12H14FN3O2. The Morgan fingerprint density at radius 1 is 1.39 bits per heavy atom. The van der Waals surface area contributed by atoms with Gasteiger partial charge in [-0.05, 0) is 32.0 Å². The summed E-state index contributed by atoms with van der Waals surface area (Å²) in [6, 6.07) is 3.89. The van der Waals surface area contributed by atoms with E-state index in [0.29, 0.717) is 5.69 Å². The molecule has 0 atom stereocenters. The second-order valence-corrected chi connectivity index (χ2v) is 4.73. The predicted octanol–water partition coefficient (Wildman–Crippen LogP) is 0.649. The minimum absolute atomic E-state index is 0.00850. The Morgan fingerprint density at radius 2 is 2.06 bits per heavy atom. The number of carbonyl (C=O) groups excluding carboxylic acids is 2. The van der Waals surface area contributed by atoms with Crippen molar-refractivity contribution in [2.45, 2.75) is 19.4 Å². The Hall–Kier alpha value is -2.11. The quantitative estimate of drug-likeness (QED) is 0.567. The van der Waals surface area contributed by atoms with Crippen LogP contribution in [0, 0.1) is 5.82 Å². The smallest absolute Gasteiger partial charge is 0.251 e. The molecule has 0 aliphatic carbocycles. The molecule has 1 heterocycles. The second-order valence-electron chi connectivity index (χ2n) is 4.73. The van der Waals surface area contributed by atoms with E-state index in [4.69, 9.17) is 5.73 Å². The number of nitrogens with one attached hydrogen (secondary N) is 1. The van der Waals surface area contributed by atoms with Crippen molar-refractivity contribution >= 4 is 23.2 Å². The van der Waals surface area contributed by atoms with Gasteiger partial charge in [0.05, 0.1) is 17.9 Å². The minimum atomic E-state index is -0.917. The Balaban J connectivity index is 2.47. The van der Waals surface area contributed by atoms with Crippen LogP contribution in [0.2, 0.25) is 0 Å². The number of anilines is 2. The molecule has 1 aromatic carbocycles. The summed E-state index contributed by atoms with van der Waals surface area (Å²) in [6.07, 6.45) is 0. The van der Waals surface area contributed by atoms with Gasteiger partial charge in [-0.3, -0.25) is 14.9 Å². The number of hydrogen-bond acceptors (Lipinski definition) is 4. The average Bonchev–Trinajstić information content (AvgIpc) is 2.24. The molecule has 96 valence electrons. The molecule has 6 heteroatoms. The van der Waals surface area contributed by atoms with Crippen molar-refractivity contribution in [1.29, 1.82) is 0 Å². The summed E-state index contributed by atoms with van der Waals surface area (Å²) in [5, 5.41) is 2.27. The number of halogens is 1. The van der Waals surface area contributed by atoms with E-state index in [-0.39, 0.29) is 12.2 Å². The summed E-state index contributed by atoms with van der Waals surface area (Å²) in [5.74, 6) is -1.26. The topological polar surface area (TPSA) is 75.4 Å². The van der Waals surface area contributed by atoms with Crippen molar-refractivity contribution in [3.05, 3.63) is 24.0 Å². The van der Waals surface area contributed by atoms with Crippen LogP contribution < -0.4 is 16.0 Å². The number of rotatable bonds is 1. The van der Waals surface area contributed by atoms with Gasteiger partial charge in [0.1, 0.15) is 11.4 Å². The molecule has 2 amide bonds. The number of hydrogen-bond donors (Lipinski definition) is 2. The number of piperazine rings is 1. The van der Waals surface area contributed by atoms with E-state index in [2.05, 4.69) is 5.32 Å². The molecule has 1 aliphatic heterocycles. The highest BCUT2D eigenvalue weighted by Gasteiger charge is 2.41. The Morgan fingerprint density at radius 3 is 2.67 bits per heavy atom. The molecule has 1 aliphatic rings. The molecular weight excluding hydrogens is 237 g/mol. The van der Waals surface area contributed by atoms with E-state index in [1.54, 1.807) is 18.7 Å². The van der Waals surface area contributed by atoms with E-state index in [1.807, 2.05) is 0 Å². The fourth-order valence-electron chi connectivity index (χ4n) is 1.94. The number of amides is 2. The summed E-state index contributed by atoms with van der Waals surface area (Å²) >= 11 is 0. The van der Waals surface area contributed by atoms with Crippen molar-refractivity contribution in [1.82, 2.24) is 5.32 Å². The molecule has 18 heavy (non-hydrogen) atoms. The summed E-state index contributed by atoms with van der Waals surface area (Å²) in [5.41, 5.74) is 5.50. The van der Waals surface area contributed by atoms with Crippen molar-refractivity contribution in [2.75, 3.05) is 17.2 Å². The van der Waals surface area contributed by atoms with E-state index < -0.39 is 23.2 Å². The monoisotopic (exact) mass is 251 g/mol. The summed E-state index contributed by atoms with van der Waals surface area (Å²) < 4.78 is 13.0. The minimum Gasteiger partial charge on any atom is -0.397 e. The molecule has 5 nitrogen and oxygen atoms in total. The van der Waals surface area contributed by atoms with Gasteiger partial charge in [-0.1, -0.05) is 0 Å². The Labute approximate surface area is 104 Å². The second kappa shape index (κ2) is 3.97. The summed E-state index contributed by atoms with van der Waals surface area (Å²) in [4.78, 5) is 24.8. The summed E-state index contributed by atoms with van der Waals surface area (Å²) in [6.45, 7) is 3.36. The number of nitrogen functional groups attached to an aromatic ring is 1. The largest absolute Gasteiger partial charge is 0.397 e. The fraction of sp³-hybridized carbons (Fsp3) is 0.333. The predicted molar refractivity (Wildman–Crippen MR) is 65.4 cm³/mol. The maximum Gasteiger partial charge on any atom is 0.251 e. The lowest BCUT2D eigenvalue weighted by Gasteiger charge is -2.42. The zero-order valence-electron chi connectivity index (χ0n) is 10.2. The van der Waals surface area contributed by atoms with E-state index in [9.17, 15) is 14.0 Å². The van der Waals surface area contributed by atoms with Crippen molar-refractivity contribution in [3.8, 4) is 0 Å². The van der Waals surface area contributed by atoms with Gasteiger partial charge >= 0.3 is 0 Å². The first-order valence-corrected chi connectivity index (χ1v) is 5.49. The third-order valence-electron chi connectivity index (χ3n) is 3.07. The maximum atomic E-state index is 13.0. The van der Waals surface area contributed by atoms with Gasteiger partial charge in [0.2, 0.25) is 5.91 Å². The van der Waals surface area contributed by atoms with Gasteiger partial charge in [-0.15, -0.1) is 0 Å². The van der Waals surface area contributed by atoms with Gasteiger partial charge in [0.25, 0.3) is 5.91 Å². The van der Waals surface area contributed by atoms with E-state index in [1.165, 1.54) is 18.2 Å². The zero-order chi connectivity index (χ0) is 13.5. The van der Waals surface area contributed by atoms with Crippen LogP contribution in [0.1, 0.15) is 13.8 Å². The molecule has 0 saturated carbocycles. The molecule has 1 fully saturated rings. The van der Waals surface area contributed by atoms with Crippen molar-refractivity contribution < 1.29 is 14.0 Å². The highest BCUT2D eigenvalue weighted by atomic mass is 19.1. The normalized spacial score (nSPS) is 18.7. The highest BCUT2D eigenvalue weighted by Crippen LogP contribution is 2.31. The Bertz CT molecular complexity index is 528. The first-order valence-electron chi connectivity index (χ1n) is 5.49. The molecule has 0 bridgehead atoms. The van der Waals surface area contributed by atoms with Gasteiger partial charge < -0.3 is 10.6 Å². The highest BCUT2D eigenvalue weighted by molar-refractivity contribution is 6.07. The van der Waals surface area contributed by atoms with E-state index in [0.717, 1.165) is 0 Å². The summed E-state index contributed by atoms with van der Waals surface area (Å²) in [7, 11) is 0. The van der Waals surface area contributed by atoms with Gasteiger partial charge in [-0.25, -0.2) is 4.39 Å². The molecule has 2 rings (SSSR count). The number of nitrogens with zero attached hydrogens (tertiary/aromatic N) is 1.